The van der Waals surface area contributed by atoms with Crippen LogP contribution >= 0.6 is 0 Å². The van der Waals surface area contributed by atoms with Gasteiger partial charge in [0.2, 0.25) is 0 Å². The number of carbonyl (C=O) groups is 1. The van der Waals surface area contributed by atoms with Crippen LogP contribution in [0.1, 0.15) is 6.42 Å². The van der Waals surface area contributed by atoms with Crippen LogP contribution in [0.5, 0.6) is 0 Å². The van der Waals surface area contributed by atoms with Gasteiger partial charge in [-0.25, -0.2) is 9.78 Å². The Morgan fingerprint density at radius 3 is 2.42 bits per heavy atom. The summed E-state index contributed by atoms with van der Waals surface area (Å²) in [7, 11) is 0. The molecule has 19 heavy (non-hydrogen) atoms. The van der Waals surface area contributed by atoms with Crippen LogP contribution in [0.15, 0.2) is 24.4 Å². The first-order chi connectivity index (χ1) is 8.80. The number of carboxylic acid groups (broad SMARTS) is 1. The Morgan fingerprint density at radius 2 is 2.05 bits per heavy atom. The normalized spacial score (nSPS) is 18.7. The highest BCUT2D eigenvalue weighted by Crippen LogP contribution is 2.16. The van der Waals surface area contributed by atoms with Crippen molar-refractivity contribution in [1.82, 2.24) is 4.98 Å². The van der Waals surface area contributed by atoms with E-state index in [-0.39, 0.29) is 6.10 Å². The number of nitrogens with zero attached hydrogens (tertiary/aromatic N) is 2. The number of pyridine rings is 1. The summed E-state index contributed by atoms with van der Waals surface area (Å²) < 4.78 is 31.7. The average molecular weight is 278 g/mol. The number of alkyl halides is 3. The summed E-state index contributed by atoms with van der Waals surface area (Å²) in [6.07, 6.45) is -2.62. The molecule has 0 radical (unpaired) electrons. The first-order valence-electron chi connectivity index (χ1n) is 5.45. The summed E-state index contributed by atoms with van der Waals surface area (Å²) in [5.41, 5.74) is 0. The zero-order valence-electron chi connectivity index (χ0n) is 9.84. The summed E-state index contributed by atoms with van der Waals surface area (Å²) in [6.45, 7) is 1.63. The van der Waals surface area contributed by atoms with Crippen LogP contribution in [-0.4, -0.2) is 46.5 Å². The zero-order valence-corrected chi connectivity index (χ0v) is 9.84. The molecular formula is C11H13F3N2O3. The largest absolute Gasteiger partial charge is 0.490 e. The number of aliphatic hydroxyl groups is 1. The van der Waals surface area contributed by atoms with E-state index in [4.69, 9.17) is 9.90 Å². The second-order valence-corrected chi connectivity index (χ2v) is 3.88. The van der Waals surface area contributed by atoms with E-state index in [0.29, 0.717) is 0 Å². The number of aliphatic carboxylic acids is 1. The molecule has 1 atom stereocenters. The zero-order chi connectivity index (χ0) is 14.5. The maximum absolute atomic E-state index is 10.6. The third-order valence-electron chi connectivity index (χ3n) is 2.38. The standard InChI is InChI=1S/C9H12N2O.C2HF3O2/c12-8-4-6-11(7-8)9-3-1-2-5-10-9;3-2(4,5)1(6)7/h1-3,5,8,12H,4,6-7H2;(H,6,7). The van der Waals surface area contributed by atoms with Gasteiger partial charge in [-0.15, -0.1) is 0 Å². The molecule has 0 saturated carbocycles. The maximum atomic E-state index is 10.6. The summed E-state index contributed by atoms with van der Waals surface area (Å²) in [5.74, 6) is -1.79. The molecule has 106 valence electrons. The molecule has 0 bridgehead atoms. The summed E-state index contributed by atoms with van der Waals surface area (Å²) in [5, 5.41) is 16.4. The van der Waals surface area contributed by atoms with Gasteiger partial charge in [0.05, 0.1) is 6.10 Å². The van der Waals surface area contributed by atoms with E-state index in [0.717, 1.165) is 25.3 Å². The van der Waals surface area contributed by atoms with E-state index < -0.39 is 12.1 Å². The summed E-state index contributed by atoms with van der Waals surface area (Å²) in [6, 6.07) is 5.83. The van der Waals surface area contributed by atoms with Gasteiger partial charge in [0.1, 0.15) is 5.82 Å². The summed E-state index contributed by atoms with van der Waals surface area (Å²) >= 11 is 0. The van der Waals surface area contributed by atoms with Crippen LogP contribution in [0.3, 0.4) is 0 Å². The first-order valence-corrected chi connectivity index (χ1v) is 5.45. The third-order valence-corrected chi connectivity index (χ3v) is 2.38. The number of aromatic nitrogens is 1. The molecular weight excluding hydrogens is 265 g/mol. The van der Waals surface area contributed by atoms with Crippen LogP contribution in [0.2, 0.25) is 0 Å². The summed E-state index contributed by atoms with van der Waals surface area (Å²) in [4.78, 5) is 15.2. The van der Waals surface area contributed by atoms with Crippen molar-refractivity contribution in [3.63, 3.8) is 0 Å². The Hall–Kier alpha value is -1.83. The van der Waals surface area contributed by atoms with Gasteiger partial charge < -0.3 is 15.1 Å². The third kappa shape index (κ3) is 5.12. The number of halogens is 3. The lowest BCUT2D eigenvalue weighted by Crippen LogP contribution is -2.21. The molecule has 0 aromatic carbocycles. The monoisotopic (exact) mass is 278 g/mol. The van der Waals surface area contributed by atoms with Crippen LogP contribution in [-0.2, 0) is 4.79 Å². The Bertz CT molecular complexity index is 411. The van der Waals surface area contributed by atoms with Gasteiger partial charge in [-0.3, -0.25) is 0 Å². The molecule has 1 aliphatic heterocycles. The molecule has 1 aliphatic rings. The molecule has 0 spiro atoms. The average Bonchev–Trinajstić information content (AvgIpc) is 2.77. The highest BCUT2D eigenvalue weighted by molar-refractivity contribution is 5.73. The quantitative estimate of drug-likeness (QED) is 0.809. The molecule has 5 nitrogen and oxygen atoms in total. The Labute approximate surface area is 107 Å². The molecule has 1 fully saturated rings. The molecule has 0 amide bonds. The molecule has 8 heteroatoms. The van der Waals surface area contributed by atoms with Gasteiger partial charge in [-0.05, 0) is 18.6 Å². The van der Waals surface area contributed by atoms with Crippen molar-refractivity contribution in [2.75, 3.05) is 18.0 Å². The number of hydrogen-bond donors (Lipinski definition) is 2. The SMILES string of the molecule is O=C(O)C(F)(F)F.OC1CCN(c2ccccn2)C1. The number of hydrogen-bond acceptors (Lipinski definition) is 4. The molecule has 2 N–H and O–H groups in total. The predicted molar refractivity (Wildman–Crippen MR) is 60.8 cm³/mol. The van der Waals surface area contributed by atoms with Gasteiger partial charge >= 0.3 is 12.1 Å². The van der Waals surface area contributed by atoms with Crippen LogP contribution < -0.4 is 4.90 Å². The van der Waals surface area contributed by atoms with Crippen molar-refractivity contribution in [2.24, 2.45) is 0 Å². The number of carboxylic acids is 1. The van der Waals surface area contributed by atoms with E-state index in [9.17, 15) is 18.3 Å². The molecule has 1 unspecified atom stereocenters. The highest BCUT2D eigenvalue weighted by atomic mass is 19.4. The second-order valence-electron chi connectivity index (χ2n) is 3.88. The fraction of sp³-hybridized carbons (Fsp3) is 0.455. The number of rotatable bonds is 1. The van der Waals surface area contributed by atoms with E-state index >= 15 is 0 Å². The topological polar surface area (TPSA) is 73.7 Å². The molecule has 1 aromatic heterocycles. The van der Waals surface area contributed by atoms with Crippen molar-refractivity contribution in [3.05, 3.63) is 24.4 Å². The Balaban J connectivity index is 0.000000224. The molecule has 2 heterocycles. The Morgan fingerprint density at radius 1 is 1.42 bits per heavy atom. The highest BCUT2D eigenvalue weighted by Gasteiger charge is 2.38. The van der Waals surface area contributed by atoms with Crippen molar-refractivity contribution in [2.45, 2.75) is 18.7 Å². The lowest BCUT2D eigenvalue weighted by molar-refractivity contribution is -0.192. The first kappa shape index (κ1) is 15.2. The maximum Gasteiger partial charge on any atom is 0.490 e. The van der Waals surface area contributed by atoms with Crippen molar-refractivity contribution in [1.29, 1.82) is 0 Å². The minimum atomic E-state index is -5.08. The minimum Gasteiger partial charge on any atom is -0.475 e. The van der Waals surface area contributed by atoms with Crippen LogP contribution in [0.4, 0.5) is 19.0 Å². The molecule has 2 rings (SSSR count). The number of aliphatic hydroxyl groups excluding tert-OH is 1. The van der Waals surface area contributed by atoms with E-state index in [2.05, 4.69) is 9.88 Å². The fourth-order valence-electron chi connectivity index (χ4n) is 1.49. The molecule has 1 aromatic rings. The second kappa shape index (κ2) is 6.37. The minimum absolute atomic E-state index is 0.174. The van der Waals surface area contributed by atoms with Crippen molar-refractivity contribution < 1.29 is 28.2 Å². The van der Waals surface area contributed by atoms with Gasteiger partial charge in [0.25, 0.3) is 0 Å². The lowest BCUT2D eigenvalue weighted by Gasteiger charge is -2.15. The van der Waals surface area contributed by atoms with Gasteiger partial charge in [-0.2, -0.15) is 13.2 Å². The smallest absolute Gasteiger partial charge is 0.475 e. The van der Waals surface area contributed by atoms with Gasteiger partial charge in [-0.1, -0.05) is 6.07 Å². The predicted octanol–water partition coefficient (Wildman–Crippen LogP) is 1.29. The van der Waals surface area contributed by atoms with Crippen LogP contribution in [0, 0.1) is 0 Å². The fourth-order valence-corrected chi connectivity index (χ4v) is 1.49. The lowest BCUT2D eigenvalue weighted by atomic mass is 10.3. The number of anilines is 1. The van der Waals surface area contributed by atoms with E-state index in [1.807, 2.05) is 18.2 Å². The van der Waals surface area contributed by atoms with Crippen molar-refractivity contribution in [3.8, 4) is 0 Å². The van der Waals surface area contributed by atoms with Crippen molar-refractivity contribution >= 4 is 11.8 Å². The van der Waals surface area contributed by atoms with Crippen LogP contribution in [0.25, 0.3) is 0 Å². The number of β-amino-alcohol motifs (C(OH)–C–C–N with tert-alkyl or cyclic N) is 1. The van der Waals surface area contributed by atoms with Gasteiger partial charge in [0, 0.05) is 19.3 Å². The Kier molecular flexibility index (Phi) is 5.11. The van der Waals surface area contributed by atoms with E-state index in [1.165, 1.54) is 0 Å². The molecule has 0 aliphatic carbocycles. The van der Waals surface area contributed by atoms with Gasteiger partial charge in [0.15, 0.2) is 0 Å². The molecule has 1 saturated heterocycles. The van der Waals surface area contributed by atoms with E-state index in [1.54, 1.807) is 6.20 Å².